The molecule has 0 radical (unpaired) electrons. The lowest BCUT2D eigenvalue weighted by Gasteiger charge is -2.12. The number of anilines is 1. The maximum atomic E-state index is 12.2. The monoisotopic (exact) mass is 552 g/mol. The number of para-hydroxylation sites is 1. The van der Waals surface area contributed by atoms with E-state index in [2.05, 4.69) is 43.3 Å². The van der Waals surface area contributed by atoms with Crippen molar-refractivity contribution in [1.29, 1.82) is 0 Å². The van der Waals surface area contributed by atoms with Crippen LogP contribution in [-0.2, 0) is 17.9 Å². The maximum Gasteiger partial charge on any atom is 0.338 e. The smallest absolute Gasteiger partial charge is 0.338 e. The second-order valence-electron chi connectivity index (χ2n) is 9.82. The van der Waals surface area contributed by atoms with Crippen LogP contribution in [0.3, 0.4) is 0 Å². The summed E-state index contributed by atoms with van der Waals surface area (Å²) in [6.07, 6.45) is 1.67. The zero-order chi connectivity index (χ0) is 28.8. The van der Waals surface area contributed by atoms with Crippen molar-refractivity contribution in [3.05, 3.63) is 83.4 Å². The van der Waals surface area contributed by atoms with Gasteiger partial charge in [-0.2, -0.15) is 10.1 Å². The van der Waals surface area contributed by atoms with Crippen molar-refractivity contribution in [3.63, 3.8) is 0 Å². The summed E-state index contributed by atoms with van der Waals surface area (Å²) in [6, 6.07) is 20.6. The fourth-order valence-electron chi connectivity index (χ4n) is 4.40. The van der Waals surface area contributed by atoms with Gasteiger partial charge in [0.25, 0.3) is 5.95 Å². The van der Waals surface area contributed by atoms with Crippen LogP contribution < -0.4 is 14.9 Å². The standard InChI is InChI=1S/C31H32N6O4/c1-5-37-26-9-7-6-8-25(26)28-29(37)33-31(36-34-28)35-32-17-21-10-15-27(39-4)23(16-21)19-40-24-13-11-22(12-14-24)30(38)41-18-20(2)3/h6-17,20H,5,18-19H2,1-4H3,(H,33,35,36)/b32-17-. The van der Waals surface area contributed by atoms with Crippen LogP contribution in [0.1, 0.15) is 42.3 Å². The zero-order valence-electron chi connectivity index (χ0n) is 23.5. The molecular formula is C31H32N6O4. The van der Waals surface area contributed by atoms with Crippen LogP contribution in [0.4, 0.5) is 5.95 Å². The van der Waals surface area contributed by atoms with Gasteiger partial charge in [0.2, 0.25) is 0 Å². The lowest BCUT2D eigenvalue weighted by atomic mass is 10.1. The van der Waals surface area contributed by atoms with Gasteiger partial charge in [-0.05, 0) is 66.9 Å². The van der Waals surface area contributed by atoms with Gasteiger partial charge in [0.1, 0.15) is 23.6 Å². The number of fused-ring (bicyclic) bond motifs is 3. The topological polar surface area (TPSA) is 113 Å². The molecule has 0 saturated carbocycles. The molecule has 5 rings (SSSR count). The molecule has 2 heterocycles. The Balaban J connectivity index is 1.25. The molecular weight excluding hydrogens is 520 g/mol. The van der Waals surface area contributed by atoms with Gasteiger partial charge in [-0.1, -0.05) is 32.0 Å². The number of esters is 1. The minimum atomic E-state index is -0.346. The maximum absolute atomic E-state index is 12.2. The van der Waals surface area contributed by atoms with Crippen molar-refractivity contribution in [2.75, 3.05) is 19.1 Å². The van der Waals surface area contributed by atoms with Crippen LogP contribution in [0, 0.1) is 5.92 Å². The number of rotatable bonds is 11. The number of hydrazone groups is 1. The molecule has 0 fully saturated rings. The van der Waals surface area contributed by atoms with E-state index in [-0.39, 0.29) is 18.5 Å². The Morgan fingerprint density at radius 2 is 1.88 bits per heavy atom. The summed E-state index contributed by atoms with van der Waals surface area (Å²) in [5.74, 6) is 1.55. The molecule has 0 aliphatic rings. The van der Waals surface area contributed by atoms with Crippen molar-refractivity contribution in [3.8, 4) is 11.5 Å². The summed E-state index contributed by atoms with van der Waals surface area (Å²) in [7, 11) is 1.61. The van der Waals surface area contributed by atoms with Crippen LogP contribution in [0.25, 0.3) is 22.1 Å². The molecule has 2 aromatic heterocycles. The quantitative estimate of drug-likeness (QED) is 0.123. The van der Waals surface area contributed by atoms with E-state index in [0.717, 1.165) is 39.7 Å². The zero-order valence-corrected chi connectivity index (χ0v) is 23.5. The summed E-state index contributed by atoms with van der Waals surface area (Å²) in [6.45, 7) is 7.47. The third-order valence-electron chi connectivity index (χ3n) is 6.40. The highest BCUT2D eigenvalue weighted by atomic mass is 16.5. The van der Waals surface area contributed by atoms with Crippen LogP contribution in [-0.4, -0.2) is 45.6 Å². The first-order chi connectivity index (χ1) is 20.0. The molecule has 5 aromatic rings. The van der Waals surface area contributed by atoms with Crippen molar-refractivity contribution in [2.45, 2.75) is 33.9 Å². The van der Waals surface area contributed by atoms with Crippen molar-refractivity contribution in [1.82, 2.24) is 19.7 Å². The van der Waals surface area contributed by atoms with E-state index in [1.54, 1.807) is 37.6 Å². The first kappa shape index (κ1) is 27.6. The number of hydrogen-bond donors (Lipinski definition) is 1. The molecule has 0 atom stereocenters. The van der Waals surface area contributed by atoms with E-state index in [0.29, 0.717) is 29.6 Å². The number of nitrogens with zero attached hydrogens (tertiary/aromatic N) is 5. The largest absolute Gasteiger partial charge is 0.496 e. The first-order valence-electron chi connectivity index (χ1n) is 13.4. The minimum Gasteiger partial charge on any atom is -0.496 e. The summed E-state index contributed by atoms with van der Waals surface area (Å²) < 4.78 is 18.9. The van der Waals surface area contributed by atoms with Gasteiger partial charge in [0, 0.05) is 17.5 Å². The Labute approximate surface area is 238 Å². The SMILES string of the molecule is CCn1c2ccccc2c2nnc(N/N=C\c3ccc(OC)c(COc4ccc(C(=O)OCC(C)C)cc4)c3)nc21. The van der Waals surface area contributed by atoms with Gasteiger partial charge < -0.3 is 18.8 Å². The van der Waals surface area contributed by atoms with E-state index in [9.17, 15) is 4.79 Å². The number of aromatic nitrogens is 4. The number of carbonyl (C=O) groups excluding carboxylic acids is 1. The highest BCUT2D eigenvalue weighted by Gasteiger charge is 2.13. The van der Waals surface area contributed by atoms with Gasteiger partial charge in [-0.3, -0.25) is 0 Å². The highest BCUT2D eigenvalue weighted by Crippen LogP contribution is 2.26. The fraction of sp³-hybridized carbons (Fsp3) is 0.258. The molecule has 1 N–H and O–H groups in total. The minimum absolute atomic E-state index is 0.265. The van der Waals surface area contributed by atoms with Gasteiger partial charge in [-0.15, -0.1) is 10.2 Å². The summed E-state index contributed by atoms with van der Waals surface area (Å²) in [4.78, 5) is 16.8. The van der Waals surface area contributed by atoms with E-state index in [1.807, 2.05) is 50.2 Å². The predicted octanol–water partition coefficient (Wildman–Crippen LogP) is 5.85. The number of nitrogens with one attached hydrogen (secondary N) is 1. The van der Waals surface area contributed by atoms with Gasteiger partial charge >= 0.3 is 5.97 Å². The molecule has 0 unspecified atom stereocenters. The lowest BCUT2D eigenvalue weighted by molar-refractivity contribution is 0.0459. The fourth-order valence-corrected chi connectivity index (χ4v) is 4.40. The molecule has 0 spiro atoms. The molecule has 0 aliphatic heterocycles. The second-order valence-corrected chi connectivity index (χ2v) is 9.82. The van der Waals surface area contributed by atoms with Crippen molar-refractivity contribution < 1.29 is 19.0 Å². The second kappa shape index (κ2) is 12.5. The molecule has 0 aliphatic carbocycles. The average Bonchev–Trinajstić information content (AvgIpc) is 3.32. The third-order valence-corrected chi connectivity index (χ3v) is 6.40. The third kappa shape index (κ3) is 6.27. The van der Waals surface area contributed by atoms with Gasteiger partial charge in [0.05, 0.1) is 31.0 Å². The summed E-state index contributed by atoms with van der Waals surface area (Å²) >= 11 is 0. The normalized spacial score (nSPS) is 11.4. The number of ether oxygens (including phenoxy) is 3. The lowest BCUT2D eigenvalue weighted by Crippen LogP contribution is -2.10. The molecule has 41 heavy (non-hydrogen) atoms. The van der Waals surface area contributed by atoms with Crippen molar-refractivity contribution in [2.24, 2.45) is 11.0 Å². The van der Waals surface area contributed by atoms with Gasteiger partial charge in [-0.25, -0.2) is 10.2 Å². The summed E-state index contributed by atoms with van der Waals surface area (Å²) in [5, 5.41) is 13.9. The van der Waals surface area contributed by atoms with Crippen molar-refractivity contribution >= 4 is 40.2 Å². The number of hydrogen-bond acceptors (Lipinski definition) is 9. The first-order valence-corrected chi connectivity index (χ1v) is 13.4. The van der Waals surface area contributed by atoms with Crippen LogP contribution in [0.2, 0.25) is 0 Å². The van der Waals surface area contributed by atoms with E-state index in [4.69, 9.17) is 14.2 Å². The van der Waals surface area contributed by atoms with Crippen LogP contribution in [0.5, 0.6) is 11.5 Å². The molecule has 10 heteroatoms. The predicted molar refractivity (Wildman–Crippen MR) is 159 cm³/mol. The summed E-state index contributed by atoms with van der Waals surface area (Å²) in [5.41, 5.74) is 7.62. The molecule has 3 aromatic carbocycles. The highest BCUT2D eigenvalue weighted by molar-refractivity contribution is 6.04. The number of aryl methyl sites for hydroxylation is 1. The molecule has 0 amide bonds. The number of benzene rings is 3. The number of carbonyl (C=O) groups is 1. The Morgan fingerprint density at radius 1 is 1.07 bits per heavy atom. The van der Waals surface area contributed by atoms with Crippen LogP contribution in [0.15, 0.2) is 71.8 Å². The Kier molecular flexibility index (Phi) is 8.38. The average molecular weight is 553 g/mol. The van der Waals surface area contributed by atoms with E-state index < -0.39 is 0 Å². The Morgan fingerprint density at radius 3 is 2.63 bits per heavy atom. The van der Waals surface area contributed by atoms with E-state index >= 15 is 0 Å². The molecule has 10 nitrogen and oxygen atoms in total. The van der Waals surface area contributed by atoms with E-state index in [1.165, 1.54) is 0 Å². The number of methoxy groups -OCH3 is 1. The molecule has 0 bridgehead atoms. The van der Waals surface area contributed by atoms with Gasteiger partial charge in [0.15, 0.2) is 5.65 Å². The van der Waals surface area contributed by atoms with Crippen LogP contribution >= 0.6 is 0 Å². The molecule has 0 saturated heterocycles. The Hall–Kier alpha value is -4.99. The molecule has 210 valence electrons. The Bertz CT molecular complexity index is 1700.